The fourth-order valence-corrected chi connectivity index (χ4v) is 2.23. The number of alkyl halides is 1. The van der Waals surface area contributed by atoms with E-state index in [2.05, 4.69) is 6.07 Å². The van der Waals surface area contributed by atoms with Crippen LogP contribution in [0.1, 0.15) is 10.4 Å². The summed E-state index contributed by atoms with van der Waals surface area (Å²) in [6.45, 7) is 1.87. The van der Waals surface area contributed by atoms with Crippen molar-refractivity contribution in [2.45, 2.75) is 12.7 Å². The number of nitrogens with zero attached hydrogens (tertiary/aromatic N) is 2. The smallest absolute Gasteiger partial charge is 0.125 e. The molecule has 1 aliphatic heterocycles. The van der Waals surface area contributed by atoms with E-state index in [0.717, 1.165) is 11.4 Å². The molecule has 2 rings (SSSR count). The fraction of sp³-hybridized carbons (Fsp3) is 0.444. The van der Waals surface area contributed by atoms with Crippen LogP contribution in [-0.2, 0) is 6.54 Å². The Morgan fingerprint density at radius 1 is 1.69 bits per heavy atom. The molecule has 0 atom stereocenters. The summed E-state index contributed by atoms with van der Waals surface area (Å²) >= 11 is 1.57. The number of thiophene rings is 1. The van der Waals surface area contributed by atoms with E-state index >= 15 is 0 Å². The maximum atomic E-state index is 12.5. The van der Waals surface area contributed by atoms with Gasteiger partial charge >= 0.3 is 0 Å². The van der Waals surface area contributed by atoms with Crippen molar-refractivity contribution in [2.75, 3.05) is 13.1 Å². The van der Waals surface area contributed by atoms with Crippen LogP contribution in [0.5, 0.6) is 0 Å². The van der Waals surface area contributed by atoms with E-state index in [-0.39, 0.29) is 0 Å². The van der Waals surface area contributed by atoms with Gasteiger partial charge in [0.2, 0.25) is 0 Å². The molecule has 0 N–H and O–H groups in total. The summed E-state index contributed by atoms with van der Waals surface area (Å²) in [4.78, 5) is 3.18. The summed E-state index contributed by atoms with van der Waals surface area (Å²) in [6.07, 6.45) is -0.643. The summed E-state index contributed by atoms with van der Waals surface area (Å²) in [7, 11) is 0. The minimum absolute atomic E-state index is 0.541. The molecule has 68 valence electrons. The van der Waals surface area contributed by atoms with E-state index in [1.807, 2.05) is 16.3 Å². The van der Waals surface area contributed by atoms with Crippen molar-refractivity contribution in [3.05, 3.63) is 21.9 Å². The van der Waals surface area contributed by atoms with Gasteiger partial charge in [-0.15, -0.1) is 11.3 Å². The van der Waals surface area contributed by atoms with Crippen molar-refractivity contribution in [3.63, 3.8) is 0 Å². The average molecular weight is 196 g/mol. The Balaban J connectivity index is 1.92. The molecule has 13 heavy (non-hydrogen) atoms. The minimum Gasteiger partial charge on any atom is -0.292 e. The first-order valence-electron chi connectivity index (χ1n) is 4.12. The molecule has 1 fully saturated rings. The highest BCUT2D eigenvalue weighted by molar-refractivity contribution is 7.10. The van der Waals surface area contributed by atoms with E-state index in [4.69, 9.17) is 5.26 Å². The predicted octanol–water partition coefficient (Wildman–Crippen LogP) is 1.77. The van der Waals surface area contributed by atoms with E-state index in [0.29, 0.717) is 18.7 Å². The summed E-state index contributed by atoms with van der Waals surface area (Å²) in [6, 6.07) is 3.95. The second-order valence-electron chi connectivity index (χ2n) is 3.20. The zero-order chi connectivity index (χ0) is 9.26. The Bertz CT molecular complexity index is 336. The molecule has 0 spiro atoms. The minimum atomic E-state index is -0.643. The molecule has 1 aliphatic rings. The van der Waals surface area contributed by atoms with Crippen molar-refractivity contribution < 1.29 is 4.39 Å². The molecular formula is C9H9FN2S. The average Bonchev–Trinajstić information content (AvgIpc) is 2.50. The molecule has 0 aliphatic carbocycles. The maximum absolute atomic E-state index is 12.5. The maximum Gasteiger partial charge on any atom is 0.125 e. The van der Waals surface area contributed by atoms with E-state index < -0.39 is 6.17 Å². The van der Waals surface area contributed by atoms with Crippen LogP contribution >= 0.6 is 11.3 Å². The Morgan fingerprint density at radius 3 is 3.00 bits per heavy atom. The number of rotatable bonds is 2. The van der Waals surface area contributed by atoms with Gasteiger partial charge in [-0.1, -0.05) is 0 Å². The number of nitriles is 1. The number of hydrogen-bond donors (Lipinski definition) is 0. The third-order valence-corrected chi connectivity index (χ3v) is 3.00. The Morgan fingerprint density at radius 2 is 2.46 bits per heavy atom. The van der Waals surface area contributed by atoms with Crippen molar-refractivity contribution in [3.8, 4) is 6.07 Å². The lowest BCUT2D eigenvalue weighted by Crippen LogP contribution is -2.47. The van der Waals surface area contributed by atoms with Crippen LogP contribution in [0, 0.1) is 11.3 Å². The topological polar surface area (TPSA) is 27.0 Å². The lowest BCUT2D eigenvalue weighted by Gasteiger charge is -2.33. The van der Waals surface area contributed by atoms with Gasteiger partial charge in [-0.2, -0.15) is 5.26 Å². The Kier molecular flexibility index (Phi) is 2.30. The molecule has 0 aromatic carbocycles. The molecule has 1 saturated heterocycles. The molecule has 4 heteroatoms. The molecule has 1 aromatic rings. The summed E-state index contributed by atoms with van der Waals surface area (Å²) in [5, 5.41) is 10.4. The van der Waals surface area contributed by atoms with Gasteiger partial charge in [-0.05, 0) is 6.07 Å². The summed E-state index contributed by atoms with van der Waals surface area (Å²) < 4.78 is 12.5. The second kappa shape index (κ2) is 3.44. The van der Waals surface area contributed by atoms with Gasteiger partial charge in [-0.3, -0.25) is 4.90 Å². The lowest BCUT2D eigenvalue weighted by molar-refractivity contribution is 0.0600. The van der Waals surface area contributed by atoms with Crippen LogP contribution in [0.2, 0.25) is 0 Å². The molecule has 0 saturated carbocycles. The van der Waals surface area contributed by atoms with Crippen molar-refractivity contribution >= 4 is 11.3 Å². The lowest BCUT2D eigenvalue weighted by atomic mass is 10.2. The Hall–Kier alpha value is -0.920. The first-order valence-corrected chi connectivity index (χ1v) is 5.00. The van der Waals surface area contributed by atoms with Crippen LogP contribution < -0.4 is 0 Å². The van der Waals surface area contributed by atoms with Crippen LogP contribution in [0.3, 0.4) is 0 Å². The van der Waals surface area contributed by atoms with E-state index in [1.54, 1.807) is 11.3 Å². The summed E-state index contributed by atoms with van der Waals surface area (Å²) in [5.41, 5.74) is 0.706. The van der Waals surface area contributed by atoms with Crippen LogP contribution in [-0.4, -0.2) is 24.2 Å². The molecule has 2 nitrogen and oxygen atoms in total. The normalized spacial score (nSPS) is 18.2. The fourth-order valence-electron chi connectivity index (χ4n) is 1.38. The molecule has 0 unspecified atom stereocenters. The zero-order valence-electron chi connectivity index (χ0n) is 7.03. The van der Waals surface area contributed by atoms with Crippen LogP contribution in [0.15, 0.2) is 11.4 Å². The Labute approximate surface area is 80.2 Å². The predicted molar refractivity (Wildman–Crippen MR) is 49.2 cm³/mol. The highest BCUT2D eigenvalue weighted by Crippen LogP contribution is 2.20. The van der Waals surface area contributed by atoms with E-state index in [1.165, 1.54) is 0 Å². The molecule has 0 bridgehead atoms. The quantitative estimate of drug-likeness (QED) is 0.720. The SMILES string of the molecule is N#Cc1csc(CN2CC(F)C2)c1. The van der Waals surface area contributed by atoms with Gasteiger partial charge in [-0.25, -0.2) is 4.39 Å². The largest absolute Gasteiger partial charge is 0.292 e. The first-order chi connectivity index (χ1) is 6.28. The van der Waals surface area contributed by atoms with Crippen molar-refractivity contribution in [1.29, 1.82) is 5.26 Å². The highest BCUT2D eigenvalue weighted by atomic mass is 32.1. The van der Waals surface area contributed by atoms with Gasteiger partial charge in [0.15, 0.2) is 0 Å². The first kappa shape index (κ1) is 8.67. The van der Waals surface area contributed by atoms with Crippen LogP contribution in [0.4, 0.5) is 4.39 Å². The van der Waals surface area contributed by atoms with Gasteiger partial charge in [0.05, 0.1) is 5.56 Å². The van der Waals surface area contributed by atoms with Crippen LogP contribution in [0.25, 0.3) is 0 Å². The molecule has 1 aromatic heterocycles. The third-order valence-electron chi connectivity index (χ3n) is 2.07. The highest BCUT2D eigenvalue weighted by Gasteiger charge is 2.25. The van der Waals surface area contributed by atoms with Gasteiger partial charge < -0.3 is 0 Å². The molecular weight excluding hydrogens is 187 g/mol. The standard InChI is InChI=1S/C9H9FN2S/c10-8-3-12(4-8)5-9-1-7(2-11)6-13-9/h1,6,8H,3-5H2. The van der Waals surface area contributed by atoms with E-state index in [9.17, 15) is 4.39 Å². The number of hydrogen-bond acceptors (Lipinski definition) is 3. The molecule has 0 amide bonds. The van der Waals surface area contributed by atoms with Gasteiger partial charge in [0, 0.05) is 29.9 Å². The number of halogens is 1. The third kappa shape index (κ3) is 1.87. The molecule has 2 heterocycles. The molecule has 0 radical (unpaired) electrons. The van der Waals surface area contributed by atoms with Crippen molar-refractivity contribution in [2.24, 2.45) is 0 Å². The summed E-state index contributed by atoms with van der Waals surface area (Å²) in [5.74, 6) is 0. The monoisotopic (exact) mass is 196 g/mol. The zero-order valence-corrected chi connectivity index (χ0v) is 7.85. The van der Waals surface area contributed by atoms with Gasteiger partial charge in [0.25, 0.3) is 0 Å². The van der Waals surface area contributed by atoms with Gasteiger partial charge in [0.1, 0.15) is 12.2 Å². The van der Waals surface area contributed by atoms with Crippen molar-refractivity contribution in [1.82, 2.24) is 4.90 Å². The second-order valence-corrected chi connectivity index (χ2v) is 4.20. The number of likely N-dealkylation sites (tertiary alicyclic amines) is 1.